The summed E-state index contributed by atoms with van der Waals surface area (Å²) in [6, 6.07) is 0. The summed E-state index contributed by atoms with van der Waals surface area (Å²) in [5.41, 5.74) is 0. The molecule has 11 nitrogen and oxygen atoms in total. The number of ether oxygens (including phenoxy) is 4. The molecule has 0 spiro atoms. The highest BCUT2D eigenvalue weighted by Crippen LogP contribution is 2.28. The Hall–Kier alpha value is -0.440. The van der Waals surface area contributed by atoms with Gasteiger partial charge >= 0.3 is 0 Å². The maximum Gasteiger partial charge on any atom is 0.187 e. The Labute approximate surface area is 156 Å². The van der Waals surface area contributed by atoms with Crippen molar-refractivity contribution >= 4 is 0 Å². The molecule has 2 rings (SSSR count). The zero-order valence-electron chi connectivity index (χ0n) is 15.1. The zero-order chi connectivity index (χ0) is 20.1. The summed E-state index contributed by atoms with van der Waals surface area (Å²) < 4.78 is 21.3. The van der Waals surface area contributed by atoms with Crippen LogP contribution in [0.25, 0.3) is 0 Å². The average Bonchev–Trinajstić information content (AvgIpc) is 2.66. The van der Waals surface area contributed by atoms with Crippen molar-refractivity contribution in [2.24, 2.45) is 0 Å². The van der Waals surface area contributed by atoms with Crippen LogP contribution in [0.2, 0.25) is 0 Å². The number of aliphatic hydroxyl groups excluding tert-OH is 7. The molecule has 7 N–H and O–H groups in total. The summed E-state index contributed by atoms with van der Waals surface area (Å²) in [5, 5.41) is 69.0. The molecule has 27 heavy (non-hydrogen) atoms. The largest absolute Gasteiger partial charge is 0.394 e. The molecule has 160 valence electrons. The first-order valence-electron chi connectivity index (χ1n) is 9.05. The summed E-state index contributed by atoms with van der Waals surface area (Å²) in [6.45, 7) is 1.71. The summed E-state index contributed by atoms with van der Waals surface area (Å²) >= 11 is 0. The van der Waals surface area contributed by atoms with Crippen molar-refractivity contribution in [3.63, 3.8) is 0 Å². The first kappa shape index (κ1) is 22.8. The van der Waals surface area contributed by atoms with Gasteiger partial charge in [0.25, 0.3) is 0 Å². The first-order chi connectivity index (χ1) is 12.8. The molecule has 2 heterocycles. The van der Waals surface area contributed by atoms with Gasteiger partial charge in [-0.1, -0.05) is 13.3 Å². The number of rotatable bonds is 8. The van der Waals surface area contributed by atoms with Gasteiger partial charge in [0.1, 0.15) is 48.8 Å². The van der Waals surface area contributed by atoms with Crippen LogP contribution < -0.4 is 0 Å². The van der Waals surface area contributed by atoms with E-state index < -0.39 is 68.0 Å². The Balaban J connectivity index is 2.03. The molecule has 2 fully saturated rings. The molecule has 10 atom stereocenters. The summed E-state index contributed by atoms with van der Waals surface area (Å²) in [4.78, 5) is 0. The number of hydrogen-bond donors (Lipinski definition) is 7. The third-order valence-electron chi connectivity index (χ3n) is 4.72. The highest BCUT2D eigenvalue weighted by molar-refractivity contribution is 4.93. The van der Waals surface area contributed by atoms with Crippen molar-refractivity contribution in [1.82, 2.24) is 0 Å². The lowest BCUT2D eigenvalue weighted by molar-refractivity contribution is -0.355. The second kappa shape index (κ2) is 10.4. The molecule has 0 amide bonds. The van der Waals surface area contributed by atoms with Crippen LogP contribution in [0.5, 0.6) is 0 Å². The smallest absolute Gasteiger partial charge is 0.187 e. The van der Waals surface area contributed by atoms with Gasteiger partial charge in [-0.3, -0.25) is 0 Å². The molecule has 11 heteroatoms. The van der Waals surface area contributed by atoms with E-state index in [1.165, 1.54) is 0 Å². The van der Waals surface area contributed by atoms with Crippen LogP contribution >= 0.6 is 0 Å². The normalized spacial score (nSPS) is 45.8. The zero-order valence-corrected chi connectivity index (χ0v) is 15.1. The van der Waals surface area contributed by atoms with E-state index in [0.29, 0.717) is 6.61 Å². The van der Waals surface area contributed by atoms with Crippen LogP contribution in [0.1, 0.15) is 19.8 Å². The van der Waals surface area contributed by atoms with Crippen LogP contribution in [0.15, 0.2) is 0 Å². The third-order valence-corrected chi connectivity index (χ3v) is 4.72. The fourth-order valence-electron chi connectivity index (χ4n) is 3.00. The molecule has 0 saturated carbocycles. The standard InChI is InChI=1S/C16H30O11/c1-2-3-4-24-6-8-9(18)10(19)13(22)16(26-8)27-14-7(5-17)25-15(23)12(21)11(14)20/h7-23H,2-6H2,1H3/t7-,8-,9+,10+,11-,12-,13-,14-,15+,16+/m1/s1. The van der Waals surface area contributed by atoms with Gasteiger partial charge in [-0.05, 0) is 6.42 Å². The second-order valence-electron chi connectivity index (χ2n) is 6.77. The molecular weight excluding hydrogens is 368 g/mol. The van der Waals surface area contributed by atoms with Gasteiger partial charge < -0.3 is 54.7 Å². The van der Waals surface area contributed by atoms with Gasteiger partial charge in [-0.15, -0.1) is 0 Å². The van der Waals surface area contributed by atoms with Gasteiger partial charge in [0, 0.05) is 6.61 Å². The van der Waals surface area contributed by atoms with Crippen molar-refractivity contribution < 1.29 is 54.7 Å². The molecule has 2 aliphatic rings. The Bertz CT molecular complexity index is 437. The second-order valence-corrected chi connectivity index (χ2v) is 6.77. The summed E-state index contributed by atoms with van der Waals surface area (Å²) in [5.74, 6) is 0. The van der Waals surface area contributed by atoms with E-state index in [9.17, 15) is 35.7 Å². The fraction of sp³-hybridized carbons (Fsp3) is 1.00. The van der Waals surface area contributed by atoms with Gasteiger partial charge in [-0.25, -0.2) is 0 Å². The lowest BCUT2D eigenvalue weighted by Crippen LogP contribution is -2.64. The molecule has 0 unspecified atom stereocenters. The minimum atomic E-state index is -1.72. The predicted molar refractivity (Wildman–Crippen MR) is 87.3 cm³/mol. The van der Waals surface area contributed by atoms with Crippen LogP contribution in [0.4, 0.5) is 0 Å². The quantitative estimate of drug-likeness (QED) is 0.201. The van der Waals surface area contributed by atoms with Gasteiger partial charge in [0.05, 0.1) is 13.2 Å². The van der Waals surface area contributed by atoms with E-state index in [4.69, 9.17) is 18.9 Å². The molecule has 0 bridgehead atoms. The number of unbranched alkanes of at least 4 members (excludes halogenated alkanes) is 1. The van der Waals surface area contributed by atoms with E-state index in [1.807, 2.05) is 6.92 Å². The lowest BCUT2D eigenvalue weighted by Gasteiger charge is -2.45. The maximum atomic E-state index is 10.1. The molecule has 2 aliphatic heterocycles. The highest BCUT2D eigenvalue weighted by atomic mass is 16.7. The van der Waals surface area contributed by atoms with Crippen LogP contribution in [0.3, 0.4) is 0 Å². The van der Waals surface area contributed by atoms with E-state index in [1.54, 1.807) is 0 Å². The molecule has 0 aromatic heterocycles. The van der Waals surface area contributed by atoms with Gasteiger partial charge in [0.15, 0.2) is 12.6 Å². The minimum absolute atomic E-state index is 0.0563. The van der Waals surface area contributed by atoms with Crippen molar-refractivity contribution in [2.75, 3.05) is 19.8 Å². The van der Waals surface area contributed by atoms with Gasteiger partial charge in [-0.2, -0.15) is 0 Å². The lowest BCUT2D eigenvalue weighted by atomic mass is 9.97. The molecular formula is C16H30O11. The highest BCUT2D eigenvalue weighted by Gasteiger charge is 2.50. The minimum Gasteiger partial charge on any atom is -0.394 e. The van der Waals surface area contributed by atoms with Gasteiger partial charge in [0.2, 0.25) is 0 Å². The van der Waals surface area contributed by atoms with E-state index in [0.717, 1.165) is 12.8 Å². The average molecular weight is 398 g/mol. The predicted octanol–water partition coefficient (Wildman–Crippen LogP) is -3.57. The summed E-state index contributed by atoms with van der Waals surface area (Å²) in [7, 11) is 0. The Morgan fingerprint density at radius 1 is 0.815 bits per heavy atom. The number of hydrogen-bond acceptors (Lipinski definition) is 11. The van der Waals surface area contributed by atoms with E-state index in [2.05, 4.69) is 0 Å². The van der Waals surface area contributed by atoms with Crippen molar-refractivity contribution in [3.8, 4) is 0 Å². The fourth-order valence-corrected chi connectivity index (χ4v) is 3.00. The molecule has 0 radical (unpaired) electrons. The Morgan fingerprint density at radius 2 is 1.52 bits per heavy atom. The Kier molecular flexibility index (Phi) is 8.77. The van der Waals surface area contributed by atoms with Crippen LogP contribution in [-0.2, 0) is 18.9 Å². The first-order valence-corrected chi connectivity index (χ1v) is 9.05. The van der Waals surface area contributed by atoms with Crippen molar-refractivity contribution in [3.05, 3.63) is 0 Å². The number of aliphatic hydroxyl groups is 7. The van der Waals surface area contributed by atoms with E-state index >= 15 is 0 Å². The van der Waals surface area contributed by atoms with Crippen molar-refractivity contribution in [2.45, 2.75) is 81.2 Å². The third kappa shape index (κ3) is 5.34. The van der Waals surface area contributed by atoms with Crippen molar-refractivity contribution in [1.29, 1.82) is 0 Å². The van der Waals surface area contributed by atoms with E-state index in [-0.39, 0.29) is 6.61 Å². The van der Waals surface area contributed by atoms with Crippen LogP contribution in [-0.4, -0.2) is 117 Å². The maximum absolute atomic E-state index is 10.1. The SMILES string of the molecule is CCCCOC[C@H]1O[C@@H](O[C@H]2[C@H](O)[C@@H](O)[C@@H](O)O[C@@H]2CO)[C@H](O)[C@@H](O)[C@H]1O. The molecule has 0 aromatic carbocycles. The topological polar surface area (TPSA) is 179 Å². The molecule has 0 aromatic rings. The van der Waals surface area contributed by atoms with Crippen LogP contribution in [0, 0.1) is 0 Å². The molecule has 0 aliphatic carbocycles. The monoisotopic (exact) mass is 398 g/mol. The molecule has 2 saturated heterocycles. The summed E-state index contributed by atoms with van der Waals surface area (Å²) in [6.07, 6.45) is -13.1. The Morgan fingerprint density at radius 3 is 2.15 bits per heavy atom.